The summed E-state index contributed by atoms with van der Waals surface area (Å²) in [5.41, 5.74) is 0.790. The Bertz CT molecular complexity index is 885. The molecule has 0 heterocycles. The molecule has 0 spiro atoms. The van der Waals surface area contributed by atoms with E-state index in [0.717, 1.165) is 17.8 Å². The number of aliphatic carboxylic acids is 1. The molecule has 0 aliphatic carbocycles. The van der Waals surface area contributed by atoms with Crippen molar-refractivity contribution >= 4 is 29.6 Å². The van der Waals surface area contributed by atoms with Crippen LogP contribution in [-0.2, 0) is 4.79 Å². The molecule has 0 aliphatic rings. The zero-order valence-electron chi connectivity index (χ0n) is 15.5. The molecule has 0 bridgehead atoms. The normalized spacial score (nSPS) is 10.7. The van der Waals surface area contributed by atoms with Crippen LogP contribution in [0.3, 0.4) is 0 Å². The summed E-state index contributed by atoms with van der Waals surface area (Å²) in [5, 5.41) is 8.66. The van der Waals surface area contributed by atoms with E-state index in [2.05, 4.69) is 0 Å². The van der Waals surface area contributed by atoms with E-state index in [4.69, 9.17) is 19.3 Å². The molecule has 0 saturated heterocycles. The van der Waals surface area contributed by atoms with Crippen molar-refractivity contribution < 1.29 is 33.3 Å². The monoisotopic (exact) mass is 406 g/mol. The van der Waals surface area contributed by atoms with Crippen molar-refractivity contribution in [3.8, 4) is 17.2 Å². The van der Waals surface area contributed by atoms with Crippen LogP contribution < -0.4 is 14.2 Å². The van der Waals surface area contributed by atoms with Crippen LogP contribution in [0, 0.1) is 5.82 Å². The topological polar surface area (TPSA) is 82.1 Å². The van der Waals surface area contributed by atoms with Gasteiger partial charge in [-0.25, -0.2) is 4.39 Å². The van der Waals surface area contributed by atoms with E-state index >= 15 is 0 Å². The predicted octanol–water partition coefficient (Wildman–Crippen LogP) is 3.92. The van der Waals surface area contributed by atoms with Gasteiger partial charge in [0.1, 0.15) is 5.82 Å². The van der Waals surface area contributed by atoms with Gasteiger partial charge in [-0.05, 0) is 42.0 Å². The van der Waals surface area contributed by atoms with Crippen LogP contribution >= 0.6 is 11.8 Å². The minimum absolute atomic E-state index is 0.154. The first-order valence-corrected chi connectivity index (χ1v) is 9.04. The third-order valence-corrected chi connectivity index (χ3v) is 4.72. The number of methoxy groups -OCH3 is 3. The minimum Gasteiger partial charge on any atom is -0.493 e. The molecule has 0 atom stereocenters. The first-order valence-electron chi connectivity index (χ1n) is 8.06. The van der Waals surface area contributed by atoms with Gasteiger partial charge in [-0.1, -0.05) is 6.08 Å². The van der Waals surface area contributed by atoms with Crippen molar-refractivity contribution in [3.63, 3.8) is 0 Å². The molecule has 0 amide bonds. The van der Waals surface area contributed by atoms with Crippen molar-refractivity contribution in [2.24, 2.45) is 0 Å². The van der Waals surface area contributed by atoms with Crippen LogP contribution in [0.15, 0.2) is 41.3 Å². The first kappa shape index (κ1) is 21.3. The first-order chi connectivity index (χ1) is 13.4. The molecule has 2 rings (SSSR count). The number of hydrogen-bond donors (Lipinski definition) is 1. The zero-order valence-corrected chi connectivity index (χ0v) is 16.3. The number of carboxylic acid groups (broad SMARTS) is 1. The highest BCUT2D eigenvalue weighted by Gasteiger charge is 2.13. The zero-order chi connectivity index (χ0) is 20.7. The quantitative estimate of drug-likeness (QED) is 0.384. The number of ether oxygens (including phenoxy) is 3. The summed E-state index contributed by atoms with van der Waals surface area (Å²) in [6, 6.07) is 7.29. The van der Waals surface area contributed by atoms with Gasteiger partial charge in [-0.3, -0.25) is 9.59 Å². The molecule has 148 valence electrons. The maximum Gasteiger partial charge on any atom is 0.313 e. The van der Waals surface area contributed by atoms with Gasteiger partial charge in [0.25, 0.3) is 0 Å². The van der Waals surface area contributed by atoms with Gasteiger partial charge in [-0.15, -0.1) is 11.8 Å². The summed E-state index contributed by atoms with van der Waals surface area (Å²) in [4.78, 5) is 23.1. The van der Waals surface area contributed by atoms with Gasteiger partial charge >= 0.3 is 5.97 Å². The van der Waals surface area contributed by atoms with Crippen molar-refractivity contribution in [1.82, 2.24) is 0 Å². The van der Waals surface area contributed by atoms with Crippen LogP contribution in [0.4, 0.5) is 4.39 Å². The lowest BCUT2D eigenvalue weighted by Crippen LogP contribution is -2.00. The summed E-state index contributed by atoms with van der Waals surface area (Å²) < 4.78 is 29.8. The molecule has 0 fully saturated rings. The van der Waals surface area contributed by atoms with E-state index in [1.54, 1.807) is 18.2 Å². The molecule has 0 radical (unpaired) electrons. The van der Waals surface area contributed by atoms with Crippen LogP contribution in [0.5, 0.6) is 17.2 Å². The fourth-order valence-electron chi connectivity index (χ4n) is 2.38. The second-order valence-electron chi connectivity index (χ2n) is 5.48. The van der Waals surface area contributed by atoms with E-state index < -0.39 is 17.6 Å². The van der Waals surface area contributed by atoms with Gasteiger partial charge in [0, 0.05) is 10.5 Å². The van der Waals surface area contributed by atoms with Gasteiger partial charge in [0.05, 0.1) is 27.1 Å². The van der Waals surface area contributed by atoms with Crippen LogP contribution in [0.25, 0.3) is 6.08 Å². The van der Waals surface area contributed by atoms with E-state index in [0.29, 0.717) is 22.8 Å². The number of carbonyl (C=O) groups excluding carboxylic acids is 1. The molecule has 0 unspecified atom stereocenters. The molecule has 2 aromatic carbocycles. The molecular formula is C20H19FO6S. The number of halogens is 1. The Balaban J connectivity index is 2.21. The molecule has 2 aromatic rings. The third kappa shape index (κ3) is 5.26. The minimum atomic E-state index is -1.04. The fraction of sp³-hybridized carbons (Fsp3) is 0.200. The number of rotatable bonds is 9. The number of allylic oxidation sites excluding steroid dienone is 1. The van der Waals surface area contributed by atoms with Crippen LogP contribution in [-0.4, -0.2) is 43.9 Å². The van der Waals surface area contributed by atoms with Crippen LogP contribution in [0.2, 0.25) is 0 Å². The summed E-state index contributed by atoms with van der Waals surface area (Å²) in [6.45, 7) is 0. The predicted molar refractivity (Wildman–Crippen MR) is 104 cm³/mol. The number of ketones is 1. The molecule has 0 aliphatic heterocycles. The molecule has 28 heavy (non-hydrogen) atoms. The highest BCUT2D eigenvalue weighted by atomic mass is 32.2. The van der Waals surface area contributed by atoms with Crippen molar-refractivity contribution in [3.05, 3.63) is 53.4 Å². The summed E-state index contributed by atoms with van der Waals surface area (Å²) in [5.74, 6) is -1.02. The Labute approximate surface area is 165 Å². The summed E-state index contributed by atoms with van der Waals surface area (Å²) in [7, 11) is 4.47. The number of carboxylic acids is 1. The lowest BCUT2D eigenvalue weighted by molar-refractivity contribution is -0.133. The maximum atomic E-state index is 14.1. The number of carbonyl (C=O) groups is 2. The second kappa shape index (κ2) is 9.80. The Morgan fingerprint density at radius 3 is 2.21 bits per heavy atom. The maximum absolute atomic E-state index is 14.1. The van der Waals surface area contributed by atoms with Crippen LogP contribution in [0.1, 0.15) is 15.9 Å². The highest BCUT2D eigenvalue weighted by Crippen LogP contribution is 2.38. The van der Waals surface area contributed by atoms with Crippen molar-refractivity contribution in [1.29, 1.82) is 0 Å². The Hall–Kier alpha value is -3.00. The van der Waals surface area contributed by atoms with E-state index in [1.165, 1.54) is 39.5 Å². The third-order valence-electron chi connectivity index (χ3n) is 3.68. The van der Waals surface area contributed by atoms with Crippen molar-refractivity contribution in [2.75, 3.05) is 27.1 Å². The van der Waals surface area contributed by atoms with Gasteiger partial charge in [0.15, 0.2) is 17.3 Å². The molecule has 0 saturated carbocycles. The van der Waals surface area contributed by atoms with Crippen molar-refractivity contribution in [2.45, 2.75) is 4.90 Å². The van der Waals surface area contributed by atoms with Gasteiger partial charge < -0.3 is 19.3 Å². The molecule has 0 aromatic heterocycles. The van der Waals surface area contributed by atoms with E-state index in [-0.39, 0.29) is 16.2 Å². The SMILES string of the molecule is COc1cc(/C=C/C(=O)c2ccc(SCC(=O)O)c(F)c2)cc(OC)c1OC. The standard InChI is InChI=1S/C20H19FO6S/c1-25-16-8-12(9-17(26-2)20(16)27-3)4-6-15(22)13-5-7-18(14(21)10-13)28-11-19(23)24/h4-10H,11H2,1-3H3,(H,23,24)/b6-4+. The summed E-state index contributed by atoms with van der Waals surface area (Å²) >= 11 is 0.854. The molecule has 8 heteroatoms. The lowest BCUT2D eigenvalue weighted by Gasteiger charge is -2.12. The lowest BCUT2D eigenvalue weighted by atomic mass is 10.1. The summed E-state index contributed by atoms with van der Waals surface area (Å²) in [6.07, 6.45) is 2.86. The molecular weight excluding hydrogens is 387 g/mol. The Morgan fingerprint density at radius 2 is 1.71 bits per heavy atom. The average Bonchev–Trinajstić information content (AvgIpc) is 2.69. The number of hydrogen-bond acceptors (Lipinski definition) is 6. The molecule has 6 nitrogen and oxygen atoms in total. The number of benzene rings is 2. The molecule has 1 N–H and O–H groups in total. The van der Waals surface area contributed by atoms with Gasteiger partial charge in [-0.2, -0.15) is 0 Å². The average molecular weight is 406 g/mol. The highest BCUT2D eigenvalue weighted by molar-refractivity contribution is 8.00. The largest absolute Gasteiger partial charge is 0.493 e. The van der Waals surface area contributed by atoms with Gasteiger partial charge in [0.2, 0.25) is 5.75 Å². The smallest absolute Gasteiger partial charge is 0.313 e. The Kier molecular flexibility index (Phi) is 7.45. The Morgan fingerprint density at radius 1 is 1.07 bits per heavy atom. The number of thioether (sulfide) groups is 1. The van der Waals surface area contributed by atoms with E-state index in [9.17, 15) is 14.0 Å². The second-order valence-corrected chi connectivity index (χ2v) is 6.50. The van der Waals surface area contributed by atoms with E-state index in [1.807, 2.05) is 0 Å². The fourth-order valence-corrected chi connectivity index (χ4v) is 3.02.